The van der Waals surface area contributed by atoms with E-state index in [-0.39, 0.29) is 11.5 Å². The summed E-state index contributed by atoms with van der Waals surface area (Å²) in [5.41, 5.74) is 0.922. The van der Waals surface area contributed by atoms with Crippen LogP contribution in [0.5, 0.6) is 0 Å². The quantitative estimate of drug-likeness (QED) is 0.784. The summed E-state index contributed by atoms with van der Waals surface area (Å²) in [5.74, 6) is 0.344. The first kappa shape index (κ1) is 13.4. The highest BCUT2D eigenvalue weighted by molar-refractivity contribution is 7.91. The molecule has 1 aromatic heterocycles. The first-order valence-corrected chi connectivity index (χ1v) is 7.24. The molecule has 0 unspecified atom stereocenters. The fourth-order valence-electron chi connectivity index (χ4n) is 1.14. The molecular formula is C10H15ClN2O2S. The van der Waals surface area contributed by atoms with Crippen LogP contribution < -0.4 is 5.32 Å². The summed E-state index contributed by atoms with van der Waals surface area (Å²) in [5, 5.41) is 3.63. The van der Waals surface area contributed by atoms with Crippen LogP contribution in [-0.2, 0) is 16.4 Å². The summed E-state index contributed by atoms with van der Waals surface area (Å²) < 4.78 is 22.4. The zero-order chi connectivity index (χ0) is 12.0. The van der Waals surface area contributed by atoms with E-state index in [2.05, 4.69) is 10.3 Å². The lowest BCUT2D eigenvalue weighted by Crippen LogP contribution is -2.23. The molecule has 1 heterocycles. The summed E-state index contributed by atoms with van der Waals surface area (Å²) in [6, 6.07) is 1.81. The molecule has 0 aliphatic rings. The summed E-state index contributed by atoms with van der Waals surface area (Å²) in [6.45, 7) is 2.64. The number of halogens is 1. The van der Waals surface area contributed by atoms with E-state index in [9.17, 15) is 8.42 Å². The van der Waals surface area contributed by atoms with Crippen molar-refractivity contribution in [3.05, 3.63) is 29.0 Å². The van der Waals surface area contributed by atoms with E-state index in [1.165, 1.54) is 0 Å². The van der Waals surface area contributed by atoms with Crippen LogP contribution in [0.1, 0.15) is 12.5 Å². The number of nitrogens with zero attached hydrogens (tertiary/aromatic N) is 1. The van der Waals surface area contributed by atoms with Gasteiger partial charge in [0.15, 0.2) is 9.84 Å². The van der Waals surface area contributed by atoms with Crippen molar-refractivity contribution in [2.45, 2.75) is 13.5 Å². The van der Waals surface area contributed by atoms with Crippen molar-refractivity contribution in [1.82, 2.24) is 10.3 Å². The standard InChI is InChI=1S/C10H15ClN2O2S/c1-2-16(14,15)6-5-13-7-9-3-4-12-8-10(9)11/h3-4,8,13H,2,5-7H2,1H3. The average Bonchev–Trinajstić information content (AvgIpc) is 2.27. The van der Waals surface area contributed by atoms with Gasteiger partial charge < -0.3 is 5.32 Å². The molecule has 0 radical (unpaired) electrons. The summed E-state index contributed by atoms with van der Waals surface area (Å²) >= 11 is 5.90. The number of sulfone groups is 1. The molecule has 0 bridgehead atoms. The number of hydrogen-bond donors (Lipinski definition) is 1. The minimum absolute atomic E-state index is 0.159. The molecule has 1 rings (SSSR count). The molecule has 4 nitrogen and oxygen atoms in total. The van der Waals surface area contributed by atoms with Crippen molar-refractivity contribution in [2.24, 2.45) is 0 Å². The molecule has 90 valence electrons. The molecule has 0 aliphatic carbocycles. The van der Waals surface area contributed by atoms with Crippen LogP contribution in [0, 0.1) is 0 Å². The van der Waals surface area contributed by atoms with Gasteiger partial charge in [-0.15, -0.1) is 0 Å². The van der Waals surface area contributed by atoms with Crippen molar-refractivity contribution >= 4 is 21.4 Å². The smallest absolute Gasteiger partial charge is 0.151 e. The predicted molar refractivity (Wildman–Crippen MR) is 65.3 cm³/mol. The number of pyridine rings is 1. The van der Waals surface area contributed by atoms with E-state index in [1.54, 1.807) is 19.3 Å². The fraction of sp³-hybridized carbons (Fsp3) is 0.500. The van der Waals surface area contributed by atoms with Crippen molar-refractivity contribution in [3.63, 3.8) is 0 Å². The molecular weight excluding hydrogens is 248 g/mol. The lowest BCUT2D eigenvalue weighted by molar-refractivity contribution is 0.592. The van der Waals surface area contributed by atoms with E-state index in [4.69, 9.17) is 11.6 Å². The third kappa shape index (κ3) is 4.47. The second-order valence-electron chi connectivity index (χ2n) is 3.38. The Morgan fingerprint density at radius 3 is 2.88 bits per heavy atom. The lowest BCUT2D eigenvalue weighted by atomic mass is 10.3. The highest BCUT2D eigenvalue weighted by atomic mass is 35.5. The van der Waals surface area contributed by atoms with Crippen molar-refractivity contribution in [3.8, 4) is 0 Å². The Morgan fingerprint density at radius 2 is 2.25 bits per heavy atom. The minimum atomic E-state index is -2.89. The van der Waals surface area contributed by atoms with Crippen LogP contribution in [0.15, 0.2) is 18.5 Å². The number of rotatable bonds is 6. The molecule has 0 amide bonds. The van der Waals surface area contributed by atoms with Gasteiger partial charge in [-0.3, -0.25) is 4.98 Å². The number of hydrogen-bond acceptors (Lipinski definition) is 4. The third-order valence-corrected chi connectivity index (χ3v) is 4.25. The van der Waals surface area contributed by atoms with Gasteiger partial charge in [-0.2, -0.15) is 0 Å². The van der Waals surface area contributed by atoms with Crippen LogP contribution in [0.25, 0.3) is 0 Å². The highest BCUT2D eigenvalue weighted by Crippen LogP contribution is 2.12. The van der Waals surface area contributed by atoms with Gasteiger partial charge in [-0.1, -0.05) is 18.5 Å². The van der Waals surface area contributed by atoms with Crippen molar-refractivity contribution in [1.29, 1.82) is 0 Å². The van der Waals surface area contributed by atoms with Gasteiger partial charge in [0.2, 0.25) is 0 Å². The summed E-state index contributed by atoms with van der Waals surface area (Å²) in [7, 11) is -2.89. The molecule has 6 heteroatoms. The van der Waals surface area contributed by atoms with Crippen LogP contribution >= 0.6 is 11.6 Å². The molecule has 1 N–H and O–H groups in total. The number of nitrogens with one attached hydrogen (secondary N) is 1. The Hall–Kier alpha value is -0.650. The van der Waals surface area contributed by atoms with E-state index in [1.807, 2.05) is 6.07 Å². The van der Waals surface area contributed by atoms with Crippen molar-refractivity contribution in [2.75, 3.05) is 18.1 Å². The van der Waals surface area contributed by atoms with E-state index >= 15 is 0 Å². The second-order valence-corrected chi connectivity index (χ2v) is 6.26. The van der Waals surface area contributed by atoms with Gasteiger partial charge >= 0.3 is 0 Å². The molecule has 0 saturated heterocycles. The maximum Gasteiger partial charge on any atom is 0.151 e. The Labute approximate surface area is 101 Å². The largest absolute Gasteiger partial charge is 0.312 e. The highest BCUT2D eigenvalue weighted by Gasteiger charge is 2.06. The molecule has 0 spiro atoms. The van der Waals surface area contributed by atoms with Gasteiger partial charge in [0.1, 0.15) is 0 Å². The molecule has 0 aliphatic heterocycles. The SMILES string of the molecule is CCS(=O)(=O)CCNCc1ccncc1Cl. The normalized spacial score (nSPS) is 11.6. The van der Waals surface area contributed by atoms with E-state index in [0.717, 1.165) is 5.56 Å². The molecule has 1 aromatic rings. The Kier molecular flexibility index (Phi) is 5.18. The third-order valence-electron chi connectivity index (χ3n) is 2.20. The van der Waals surface area contributed by atoms with Gasteiger partial charge in [-0.05, 0) is 11.6 Å². The van der Waals surface area contributed by atoms with Crippen LogP contribution in [-0.4, -0.2) is 31.5 Å². The number of aromatic nitrogens is 1. The zero-order valence-electron chi connectivity index (χ0n) is 9.11. The Bertz CT molecular complexity index is 434. The van der Waals surface area contributed by atoms with Crippen LogP contribution in [0.4, 0.5) is 0 Å². The predicted octanol–water partition coefficient (Wildman–Crippen LogP) is 1.26. The first-order valence-electron chi connectivity index (χ1n) is 5.04. The minimum Gasteiger partial charge on any atom is -0.312 e. The molecule has 0 saturated carbocycles. The van der Waals surface area contributed by atoms with Gasteiger partial charge in [0.05, 0.1) is 10.8 Å². The monoisotopic (exact) mass is 262 g/mol. The fourth-order valence-corrected chi connectivity index (χ4v) is 2.07. The second kappa shape index (κ2) is 6.18. The maximum absolute atomic E-state index is 11.2. The Morgan fingerprint density at radius 1 is 1.50 bits per heavy atom. The molecule has 0 atom stereocenters. The van der Waals surface area contributed by atoms with Gasteiger partial charge in [0, 0.05) is 31.2 Å². The Balaban J connectivity index is 2.35. The van der Waals surface area contributed by atoms with E-state index < -0.39 is 9.84 Å². The topological polar surface area (TPSA) is 59.1 Å². The average molecular weight is 263 g/mol. The molecule has 16 heavy (non-hydrogen) atoms. The summed E-state index contributed by atoms with van der Waals surface area (Å²) in [6.07, 6.45) is 3.23. The molecule has 0 fully saturated rings. The van der Waals surface area contributed by atoms with E-state index in [0.29, 0.717) is 18.1 Å². The zero-order valence-corrected chi connectivity index (χ0v) is 10.7. The van der Waals surface area contributed by atoms with Crippen LogP contribution in [0.3, 0.4) is 0 Å². The van der Waals surface area contributed by atoms with Gasteiger partial charge in [0.25, 0.3) is 0 Å². The van der Waals surface area contributed by atoms with Crippen LogP contribution in [0.2, 0.25) is 5.02 Å². The maximum atomic E-state index is 11.2. The molecule has 0 aromatic carbocycles. The van der Waals surface area contributed by atoms with Gasteiger partial charge in [-0.25, -0.2) is 8.42 Å². The van der Waals surface area contributed by atoms with Crippen molar-refractivity contribution < 1.29 is 8.42 Å². The lowest BCUT2D eigenvalue weighted by Gasteiger charge is -2.06. The summed E-state index contributed by atoms with van der Waals surface area (Å²) in [4.78, 5) is 3.87. The first-order chi connectivity index (χ1) is 7.55.